The highest BCUT2D eigenvalue weighted by Crippen LogP contribution is 2.51. The highest BCUT2D eigenvalue weighted by Gasteiger charge is 2.62. The predicted octanol–water partition coefficient (Wildman–Crippen LogP) is 17.9. The highest BCUT2D eigenvalue weighted by atomic mass is 16.7. The summed E-state index contributed by atoms with van der Waals surface area (Å²) in [6, 6.07) is 0. The molecule has 0 amide bonds. The molecule has 0 N–H and O–H groups in total. The number of carbonyl (C=O) groups is 20. The van der Waals surface area contributed by atoms with Gasteiger partial charge in [0.25, 0.3) is 0 Å². The summed E-state index contributed by atoms with van der Waals surface area (Å²) in [6.45, 7) is 35.8. The van der Waals surface area contributed by atoms with E-state index in [1.54, 1.807) is 104 Å². The summed E-state index contributed by atoms with van der Waals surface area (Å²) in [5, 5.41) is 0. The molecular formula is C110H190O40. The molecule has 6 aliphatic heterocycles. The van der Waals surface area contributed by atoms with Crippen molar-refractivity contribution in [1.82, 2.24) is 0 Å². The van der Waals surface area contributed by atoms with Crippen molar-refractivity contribution in [2.24, 2.45) is 56.7 Å². The van der Waals surface area contributed by atoms with Gasteiger partial charge in [0.1, 0.15) is 125 Å². The van der Waals surface area contributed by atoms with Crippen LogP contribution in [0, 0.1) is 56.7 Å². The van der Waals surface area contributed by atoms with Gasteiger partial charge in [-0.15, -0.1) is 0 Å². The van der Waals surface area contributed by atoms with E-state index in [4.69, 9.17) is 94.7 Å². The maximum atomic E-state index is 12.2. The van der Waals surface area contributed by atoms with Crippen molar-refractivity contribution in [2.45, 2.75) is 464 Å². The van der Waals surface area contributed by atoms with Gasteiger partial charge in [-0.3, -0.25) is 95.9 Å². The van der Waals surface area contributed by atoms with Crippen LogP contribution in [0.1, 0.15) is 405 Å². The molecule has 40 nitrogen and oxygen atoms in total. The average Bonchev–Trinajstić information content (AvgIpc) is 1.57. The number of ether oxygens (including phenoxy) is 20. The summed E-state index contributed by atoms with van der Waals surface area (Å²) in [6.07, 6.45) is 8.74. The topological polar surface area (TPSA) is 526 Å². The summed E-state index contributed by atoms with van der Waals surface area (Å²) >= 11 is 0. The zero-order valence-corrected chi connectivity index (χ0v) is 85.4. The first-order valence-electron chi connectivity index (χ1n) is 49.1. The minimum atomic E-state index is -0.906. The van der Waals surface area contributed by atoms with Gasteiger partial charge in [-0.05, 0) is 200 Å². The summed E-state index contributed by atoms with van der Waals surface area (Å²) in [5.74, 6) is -8.93. The van der Waals surface area contributed by atoms with Crippen molar-refractivity contribution >= 4 is 119 Å². The van der Waals surface area contributed by atoms with Crippen molar-refractivity contribution < 1.29 is 191 Å². The number of carbonyl (C=O) groups excluding carboxylic acids is 20. The van der Waals surface area contributed by atoms with Crippen LogP contribution in [0.2, 0.25) is 0 Å². The smallest absolute Gasteiger partial charge is 0.311 e. The largest absolute Gasteiger partial charge is 0.462 e. The fourth-order valence-corrected chi connectivity index (χ4v) is 16.2. The average molecular weight is 2150 g/mol. The molecule has 15 atom stereocenters. The Hall–Kier alpha value is -10.6. The van der Waals surface area contributed by atoms with E-state index >= 15 is 0 Å². The van der Waals surface area contributed by atoms with Crippen LogP contribution in [-0.2, 0) is 191 Å². The zero-order valence-electron chi connectivity index (χ0n) is 85.4. The van der Waals surface area contributed by atoms with Crippen LogP contribution in [0.5, 0.6) is 0 Å². The Kier molecular flexibility index (Phi) is 64.8. The Morgan fingerprint density at radius 2 is 0.573 bits per heavy atom. The van der Waals surface area contributed by atoms with Crippen molar-refractivity contribution in [3.63, 3.8) is 0 Å². The van der Waals surface area contributed by atoms with E-state index in [0.717, 1.165) is 6.42 Å². The number of esters is 20. The lowest BCUT2D eigenvalue weighted by Crippen LogP contribution is -2.57. The molecule has 0 aromatic rings. The quantitative estimate of drug-likeness (QED) is 0.0310. The zero-order chi connectivity index (χ0) is 105. The second-order valence-corrected chi connectivity index (χ2v) is 41.3. The fourth-order valence-electron chi connectivity index (χ4n) is 16.2. The molecule has 0 spiro atoms. The number of hydrogen-bond acceptors (Lipinski definition) is 40. The second-order valence-electron chi connectivity index (χ2n) is 41.3. The molecule has 11 aliphatic rings. The Balaban J connectivity index is -0.000000575. The van der Waals surface area contributed by atoms with E-state index < -0.39 is 139 Å². The molecule has 11 rings (SSSR count). The monoisotopic (exact) mass is 2150 g/mol. The SMILES string of the molecule is C.C.C.C.C.C.C.C.C.C.CCC(C)(C)C(=O)OCCOC(=O)CCC(=O)OC1(C)CCC2CC1(C)OC2=O.CCC(C)(C)C(=O)OCCOC(=O)CCC(=O)OC1(C)CCC2CC1OC2=O.CCC(C)(C)C(=O)OCCOC(=O)CCC(=O)OC1CC2CCC1(C)OC2=O.CCC(C)(C)C(=O)OCCOC(=O)CCC(=O)OC1CCC2CC1(C)OC2=O.CCC(C)(C)C(=O)OCCOC(=O)CCC(=O)OC1CCC2CC1OC2=O. The maximum absolute atomic E-state index is 12.2. The van der Waals surface area contributed by atoms with Gasteiger partial charge < -0.3 is 94.7 Å². The van der Waals surface area contributed by atoms with E-state index in [1.807, 2.05) is 34.6 Å². The van der Waals surface area contributed by atoms with E-state index in [0.29, 0.717) is 122 Å². The molecule has 5 saturated carbocycles. The van der Waals surface area contributed by atoms with E-state index in [9.17, 15) is 95.9 Å². The number of fused-ring (bicyclic) bond motifs is 11. The van der Waals surface area contributed by atoms with Gasteiger partial charge in [-0.2, -0.15) is 0 Å². The second kappa shape index (κ2) is 65.7. The third-order valence-corrected chi connectivity index (χ3v) is 28.4. The van der Waals surface area contributed by atoms with E-state index in [-0.39, 0.29) is 300 Å². The molecule has 6 heterocycles. The Morgan fingerprint density at radius 3 is 0.953 bits per heavy atom. The van der Waals surface area contributed by atoms with Gasteiger partial charge in [0.05, 0.1) is 121 Å². The molecule has 11 fully saturated rings. The first-order chi connectivity index (χ1) is 65.4. The normalized spacial score (nSPS) is 24.6. The van der Waals surface area contributed by atoms with Crippen LogP contribution in [0.4, 0.5) is 0 Å². The van der Waals surface area contributed by atoms with Gasteiger partial charge in [-0.25, -0.2) is 0 Å². The minimum absolute atomic E-state index is 0. The van der Waals surface area contributed by atoms with Gasteiger partial charge >= 0.3 is 119 Å². The lowest BCUT2D eigenvalue weighted by atomic mass is 9.71. The number of hydrogen-bond donors (Lipinski definition) is 0. The third-order valence-electron chi connectivity index (χ3n) is 28.4. The molecule has 0 radical (unpaired) electrons. The van der Waals surface area contributed by atoms with E-state index in [2.05, 4.69) is 0 Å². The standard InChI is InChI=1S/C21H32O8.3C20H30O8.C19H28O8.10CH4/c1-6-19(2,3)18(25)27-12-11-26-15(22)7-8-16(23)28-20(4)10-9-14-13-21(20,5)29-17(14)24;1-5-19(2,3)18(24)26-11-10-25-15(21)6-7-16(22)28-20(4)9-8-13-12-14(20)27-17(13)23;1-5-19(2,3)18(24)26-11-10-25-15(21)6-7-16(22)27-14-12-13-8-9-20(14,4)28-17(13)23;1-5-19(2,3)18(24)26-11-10-25-15(21)8-9-16(22)27-14-7-6-13-12-20(14,4)28-17(13)23;1-4-19(2,3)18(23)25-10-9-24-15(20)7-8-16(21)26-13-6-5-12-11-14(13)27-17(12)22;;;;;;;;;;/h14H,6-13H2,1-5H3;3*13-14H,5-12H2,1-4H3;12-14H,4-11H2,1-3H3;10*1H4. The Labute approximate surface area is 892 Å². The predicted molar refractivity (Wildman–Crippen MR) is 552 cm³/mol. The maximum Gasteiger partial charge on any atom is 0.311 e. The molecule has 5 aliphatic carbocycles. The van der Waals surface area contributed by atoms with Gasteiger partial charge in [0.2, 0.25) is 0 Å². The Morgan fingerprint density at radius 1 is 0.280 bits per heavy atom. The van der Waals surface area contributed by atoms with Crippen molar-refractivity contribution in [1.29, 1.82) is 0 Å². The molecule has 0 aromatic carbocycles. The summed E-state index contributed by atoms with van der Waals surface area (Å²) in [7, 11) is 0. The van der Waals surface area contributed by atoms with Crippen molar-refractivity contribution in [2.75, 3.05) is 66.1 Å². The fraction of sp³-hybridized carbons (Fsp3) is 0.818. The molecule has 40 heteroatoms. The molecule has 15 unspecified atom stereocenters. The van der Waals surface area contributed by atoms with Crippen LogP contribution < -0.4 is 0 Å². The molecule has 0 aromatic heterocycles. The summed E-state index contributed by atoms with van der Waals surface area (Å²) in [5.41, 5.74) is -7.00. The highest BCUT2D eigenvalue weighted by molar-refractivity contribution is 5.84. The van der Waals surface area contributed by atoms with Gasteiger partial charge in [-0.1, -0.05) is 109 Å². The Bertz CT molecular complexity index is 4310. The molecule has 6 saturated heterocycles. The molecule has 870 valence electrons. The molecule has 150 heavy (non-hydrogen) atoms. The van der Waals surface area contributed by atoms with Crippen molar-refractivity contribution in [3.05, 3.63) is 0 Å². The van der Waals surface area contributed by atoms with Gasteiger partial charge in [0.15, 0.2) is 0 Å². The molecular weight excluding hydrogens is 1960 g/mol. The van der Waals surface area contributed by atoms with Crippen LogP contribution in [-0.4, -0.2) is 244 Å². The minimum Gasteiger partial charge on any atom is -0.462 e. The number of rotatable bonds is 45. The van der Waals surface area contributed by atoms with Crippen LogP contribution >= 0.6 is 0 Å². The van der Waals surface area contributed by atoms with Crippen LogP contribution in [0.3, 0.4) is 0 Å². The first-order valence-corrected chi connectivity index (χ1v) is 49.1. The van der Waals surface area contributed by atoms with Crippen LogP contribution in [0.25, 0.3) is 0 Å². The van der Waals surface area contributed by atoms with Crippen molar-refractivity contribution in [3.8, 4) is 0 Å². The van der Waals surface area contributed by atoms with Gasteiger partial charge in [0, 0.05) is 32.1 Å². The summed E-state index contributed by atoms with van der Waals surface area (Å²) < 4.78 is 104. The first kappa shape index (κ1) is 148. The lowest BCUT2D eigenvalue weighted by molar-refractivity contribution is -0.218. The third kappa shape index (κ3) is 44.2. The summed E-state index contributed by atoms with van der Waals surface area (Å²) in [4.78, 5) is 236. The van der Waals surface area contributed by atoms with Crippen LogP contribution in [0.15, 0.2) is 0 Å². The van der Waals surface area contributed by atoms with E-state index in [1.165, 1.54) is 0 Å². The molecule has 10 bridgehead atoms. The lowest BCUT2D eigenvalue weighted by Gasteiger charge is -2.47.